The Morgan fingerprint density at radius 2 is 1.55 bits per heavy atom. The number of carbonyl (C=O) groups excluding carboxylic acids is 2. The third-order valence-corrected chi connectivity index (χ3v) is 11.9. The smallest absolute Gasteiger partial charge is 0.265 e. The molecule has 0 unspecified atom stereocenters. The van der Waals surface area contributed by atoms with Crippen LogP contribution >= 0.6 is 12.4 Å². The van der Waals surface area contributed by atoms with Crippen LogP contribution in [0.1, 0.15) is 74.2 Å². The zero-order chi connectivity index (χ0) is 29.0. The van der Waals surface area contributed by atoms with Crippen molar-refractivity contribution in [1.29, 1.82) is 0 Å². The second-order valence-corrected chi connectivity index (χ2v) is 14.4. The van der Waals surface area contributed by atoms with Gasteiger partial charge in [-0.05, 0) is 93.7 Å². The highest BCUT2D eigenvalue weighted by Gasteiger charge is 2.52. The van der Waals surface area contributed by atoms with E-state index >= 15 is 0 Å². The Hall–Kier alpha value is -2.46. The Bertz CT molecular complexity index is 1310. The number of unbranched alkanes of at least 4 members (excludes halogenated alkanes) is 1. The van der Waals surface area contributed by atoms with Gasteiger partial charge in [-0.25, -0.2) is 13.9 Å². The largest absolute Gasteiger partial charge is 0.371 e. The summed E-state index contributed by atoms with van der Waals surface area (Å²) in [7, 11) is -4.05. The zero-order valence-electron chi connectivity index (χ0n) is 24.5. The number of sulfone groups is 1. The first kappa shape index (κ1) is 32.5. The third kappa shape index (κ3) is 6.85. The van der Waals surface area contributed by atoms with E-state index in [1.54, 1.807) is 29.7 Å². The van der Waals surface area contributed by atoms with Gasteiger partial charge in [0.1, 0.15) is 0 Å². The van der Waals surface area contributed by atoms with Crippen LogP contribution in [0.25, 0.3) is 0 Å². The minimum Gasteiger partial charge on any atom is -0.371 e. The minimum atomic E-state index is -4.05. The molecule has 230 valence electrons. The van der Waals surface area contributed by atoms with Crippen LogP contribution in [0.2, 0.25) is 0 Å². The number of ketones is 1. The van der Waals surface area contributed by atoms with Crippen molar-refractivity contribution in [2.75, 3.05) is 37.6 Å². The number of benzene rings is 2. The molecule has 0 radical (unpaired) electrons. The maximum Gasteiger partial charge on any atom is 0.265 e. The number of nitrogens with zero attached hydrogens (tertiary/aromatic N) is 2. The van der Waals surface area contributed by atoms with Gasteiger partial charge < -0.3 is 9.80 Å². The highest BCUT2D eigenvalue weighted by atomic mass is 35.5. The molecule has 10 heteroatoms. The summed E-state index contributed by atoms with van der Waals surface area (Å²) >= 11 is 0. The average molecular weight is 618 g/mol. The molecule has 2 aliphatic heterocycles. The number of likely N-dealkylation sites (tertiary alicyclic amines) is 1. The molecule has 3 aliphatic rings. The summed E-state index contributed by atoms with van der Waals surface area (Å²) in [6, 6.07) is 14.9. The summed E-state index contributed by atoms with van der Waals surface area (Å²) in [4.78, 5) is 30.4. The lowest BCUT2D eigenvalue weighted by atomic mass is 9.88. The first-order valence-electron chi connectivity index (χ1n) is 15.2. The van der Waals surface area contributed by atoms with Crippen LogP contribution in [-0.4, -0.2) is 67.7 Å². The highest BCUT2D eigenvalue weighted by Crippen LogP contribution is 2.37. The maximum absolute atomic E-state index is 13.8. The van der Waals surface area contributed by atoms with Crippen LogP contribution in [0.4, 0.5) is 5.69 Å². The Labute approximate surface area is 256 Å². The molecular formula is C32H44ClN3O5S. The molecule has 8 nitrogen and oxygen atoms in total. The van der Waals surface area contributed by atoms with Crippen LogP contribution in [0.3, 0.4) is 0 Å². The van der Waals surface area contributed by atoms with E-state index in [2.05, 4.69) is 28.9 Å². The van der Waals surface area contributed by atoms with E-state index in [0.717, 1.165) is 55.8 Å². The van der Waals surface area contributed by atoms with Gasteiger partial charge in [-0.15, -0.1) is 12.4 Å². The van der Waals surface area contributed by atoms with Gasteiger partial charge in [0.15, 0.2) is 20.4 Å². The van der Waals surface area contributed by atoms with Crippen molar-refractivity contribution >= 4 is 39.6 Å². The summed E-state index contributed by atoms with van der Waals surface area (Å²) in [6.45, 7) is 5.39. The summed E-state index contributed by atoms with van der Waals surface area (Å²) in [5.74, 6) is 0.156. The van der Waals surface area contributed by atoms with Crippen molar-refractivity contribution in [3.63, 3.8) is 0 Å². The van der Waals surface area contributed by atoms with Crippen molar-refractivity contribution in [3.8, 4) is 0 Å². The van der Waals surface area contributed by atoms with Crippen molar-refractivity contribution in [3.05, 3.63) is 59.7 Å². The van der Waals surface area contributed by atoms with Crippen molar-refractivity contribution in [2.24, 2.45) is 11.8 Å². The first-order valence-corrected chi connectivity index (χ1v) is 16.7. The Kier molecular flexibility index (Phi) is 10.7. The van der Waals surface area contributed by atoms with E-state index in [-0.39, 0.29) is 41.8 Å². The van der Waals surface area contributed by atoms with Crippen LogP contribution in [0.15, 0.2) is 53.4 Å². The molecule has 3 fully saturated rings. The topological polar surface area (TPSA) is 107 Å². The van der Waals surface area contributed by atoms with Gasteiger partial charge >= 0.3 is 0 Å². The summed E-state index contributed by atoms with van der Waals surface area (Å²) < 4.78 is 25.9. The minimum absolute atomic E-state index is 0. The van der Waals surface area contributed by atoms with Gasteiger partial charge in [-0.2, -0.15) is 0 Å². The van der Waals surface area contributed by atoms with Crippen LogP contribution in [0.5, 0.6) is 0 Å². The normalized spacial score (nSPS) is 19.6. The fourth-order valence-electron chi connectivity index (χ4n) is 6.40. The second-order valence-electron chi connectivity index (χ2n) is 12.1. The average Bonchev–Trinajstić information content (AvgIpc) is 3.84. The van der Waals surface area contributed by atoms with Gasteiger partial charge in [0.05, 0.1) is 4.90 Å². The molecule has 0 atom stereocenters. The zero-order valence-corrected chi connectivity index (χ0v) is 26.1. The fourth-order valence-corrected chi connectivity index (χ4v) is 8.35. The molecule has 2 heterocycles. The summed E-state index contributed by atoms with van der Waals surface area (Å²) in [5.41, 5.74) is 4.63. The number of rotatable bonds is 11. The number of hydrogen-bond donors (Lipinski definition) is 2. The number of halogens is 1. The van der Waals surface area contributed by atoms with E-state index in [1.807, 2.05) is 12.1 Å². The fraction of sp³-hybridized carbons (Fsp3) is 0.562. The van der Waals surface area contributed by atoms with E-state index in [4.69, 9.17) is 0 Å². The van der Waals surface area contributed by atoms with Crippen molar-refractivity contribution in [2.45, 2.75) is 74.4 Å². The monoisotopic (exact) mass is 617 g/mol. The number of hydroxylamine groups is 1. The summed E-state index contributed by atoms with van der Waals surface area (Å²) in [5, 5.41) is 9.45. The SMILES string of the molecule is CCCCN1CCC(C(=O)NO)(S(=O)(=O)c2ccc(N3CCC(C(=O)c4ccc(CC5CC5)cc4)CC3)cc2)CC1.Cl. The van der Waals surface area contributed by atoms with Crippen LogP contribution < -0.4 is 10.4 Å². The lowest BCUT2D eigenvalue weighted by Crippen LogP contribution is -2.57. The molecule has 0 bridgehead atoms. The molecule has 2 saturated heterocycles. The number of amides is 1. The molecular weight excluding hydrogens is 574 g/mol. The van der Waals surface area contributed by atoms with Gasteiger partial charge in [-0.1, -0.05) is 37.6 Å². The number of nitrogens with one attached hydrogen (secondary N) is 1. The quantitative estimate of drug-likeness (QED) is 0.206. The van der Waals surface area contributed by atoms with Crippen LogP contribution in [0, 0.1) is 11.8 Å². The molecule has 0 aromatic heterocycles. The lowest BCUT2D eigenvalue weighted by Gasteiger charge is -2.39. The van der Waals surface area contributed by atoms with E-state index in [1.165, 1.54) is 18.4 Å². The molecule has 5 rings (SSSR count). The Morgan fingerprint density at radius 1 is 0.929 bits per heavy atom. The van der Waals surface area contributed by atoms with Gasteiger partial charge in [0.2, 0.25) is 0 Å². The number of carbonyl (C=O) groups is 2. The predicted octanol–water partition coefficient (Wildman–Crippen LogP) is 5.07. The predicted molar refractivity (Wildman–Crippen MR) is 166 cm³/mol. The summed E-state index contributed by atoms with van der Waals surface area (Å²) in [6.07, 6.45) is 7.58. The number of Topliss-reactive ketones (excluding diaryl/α,β-unsaturated/α-hetero) is 1. The molecule has 2 N–H and O–H groups in total. The first-order chi connectivity index (χ1) is 19.8. The number of piperidine rings is 2. The highest BCUT2D eigenvalue weighted by molar-refractivity contribution is 7.93. The maximum atomic E-state index is 13.8. The van der Waals surface area contributed by atoms with E-state index < -0.39 is 20.5 Å². The second kappa shape index (κ2) is 13.9. The van der Waals surface area contributed by atoms with Crippen molar-refractivity contribution in [1.82, 2.24) is 10.4 Å². The lowest BCUT2D eigenvalue weighted by molar-refractivity contribution is -0.133. The van der Waals surface area contributed by atoms with Gasteiger partial charge in [-0.3, -0.25) is 14.8 Å². The number of anilines is 1. The van der Waals surface area contributed by atoms with Crippen molar-refractivity contribution < 1.29 is 23.2 Å². The molecule has 2 aromatic carbocycles. The Morgan fingerprint density at radius 3 is 2.10 bits per heavy atom. The Balaban J connectivity index is 0.00000405. The molecule has 0 spiro atoms. The van der Waals surface area contributed by atoms with E-state index in [9.17, 15) is 23.2 Å². The standard InChI is InChI=1S/C32H43N3O5S.ClH/c1-2-3-18-34-21-16-32(17-22-34,31(37)33-38)41(39,40)29-12-10-28(11-13-29)35-19-14-27(15-20-35)30(36)26-8-6-25(7-9-26)23-24-4-5-24;/h6-13,24,27,38H,2-5,14-23H2,1H3,(H,33,37);1H. The van der Waals surface area contributed by atoms with Gasteiger partial charge in [0, 0.05) is 43.3 Å². The third-order valence-electron chi connectivity index (χ3n) is 9.36. The molecule has 1 saturated carbocycles. The molecule has 1 aliphatic carbocycles. The molecule has 2 aromatic rings. The number of hydrogen-bond acceptors (Lipinski definition) is 7. The van der Waals surface area contributed by atoms with Crippen LogP contribution in [-0.2, 0) is 21.1 Å². The van der Waals surface area contributed by atoms with Gasteiger partial charge in [0.25, 0.3) is 5.91 Å². The van der Waals surface area contributed by atoms with E-state index in [0.29, 0.717) is 26.2 Å². The molecule has 1 amide bonds. The molecule has 42 heavy (non-hydrogen) atoms.